The van der Waals surface area contributed by atoms with Crippen molar-refractivity contribution in [2.45, 2.75) is 90.6 Å². The molecule has 248 valence electrons. The van der Waals surface area contributed by atoms with E-state index in [0.717, 1.165) is 35.1 Å². The van der Waals surface area contributed by atoms with Gasteiger partial charge in [-0.15, -0.1) is 12.4 Å². The van der Waals surface area contributed by atoms with Crippen molar-refractivity contribution < 1.29 is 9.47 Å². The van der Waals surface area contributed by atoms with Crippen molar-refractivity contribution in [1.29, 1.82) is 0 Å². The lowest BCUT2D eigenvalue weighted by Gasteiger charge is -2.34. The summed E-state index contributed by atoms with van der Waals surface area (Å²) in [5.41, 5.74) is 1.99. The highest BCUT2D eigenvalue weighted by atomic mass is 35.5. The molecule has 1 aliphatic carbocycles. The van der Waals surface area contributed by atoms with Gasteiger partial charge in [-0.1, -0.05) is 43.7 Å². The average Bonchev–Trinajstić information content (AvgIpc) is 3.02. The van der Waals surface area contributed by atoms with E-state index in [1.165, 1.54) is 36.7 Å². The van der Waals surface area contributed by atoms with Crippen molar-refractivity contribution in [1.82, 2.24) is 19.1 Å². The van der Waals surface area contributed by atoms with Crippen LogP contribution in [-0.2, 0) is 7.05 Å². The van der Waals surface area contributed by atoms with Crippen molar-refractivity contribution >= 4 is 46.0 Å². The van der Waals surface area contributed by atoms with Crippen molar-refractivity contribution in [3.63, 3.8) is 0 Å². The van der Waals surface area contributed by atoms with Crippen LogP contribution in [0.4, 0.5) is 11.8 Å². The number of ether oxygens (including phenoxy) is 2. The van der Waals surface area contributed by atoms with E-state index < -0.39 is 0 Å². The Morgan fingerprint density at radius 1 is 0.848 bits per heavy atom. The van der Waals surface area contributed by atoms with Crippen LogP contribution in [0.3, 0.4) is 0 Å². The molecule has 10 nitrogen and oxygen atoms in total. The molecule has 6 rings (SSSR count). The van der Waals surface area contributed by atoms with Gasteiger partial charge in [-0.2, -0.15) is 4.98 Å². The molecule has 1 saturated carbocycles. The van der Waals surface area contributed by atoms with Crippen LogP contribution < -0.4 is 30.9 Å². The van der Waals surface area contributed by atoms with Crippen LogP contribution in [0.1, 0.15) is 83.2 Å². The third-order valence-corrected chi connectivity index (χ3v) is 9.36. The van der Waals surface area contributed by atoms with E-state index in [9.17, 15) is 9.59 Å². The summed E-state index contributed by atoms with van der Waals surface area (Å²) in [6.45, 7) is 8.24. The Bertz CT molecular complexity index is 1790. The fourth-order valence-electron chi connectivity index (χ4n) is 7.00. The highest BCUT2D eigenvalue weighted by molar-refractivity contribution is 5.93. The van der Waals surface area contributed by atoms with E-state index in [0.29, 0.717) is 73.5 Å². The molecule has 2 aromatic carbocycles. The molecule has 0 spiro atoms. The second-order valence-electron chi connectivity index (χ2n) is 12.5. The Hall–Kier alpha value is -3.79. The quantitative estimate of drug-likeness (QED) is 0.229. The van der Waals surface area contributed by atoms with Crippen molar-refractivity contribution in [3.05, 3.63) is 56.7 Å². The molecule has 3 heterocycles. The topological polar surface area (TPSA) is 104 Å². The van der Waals surface area contributed by atoms with Gasteiger partial charge < -0.3 is 19.7 Å². The number of halogens is 1. The number of aryl methyl sites for hydroxylation is 2. The maximum Gasteiger partial charge on any atom is 0.331 e. The van der Waals surface area contributed by atoms with Crippen LogP contribution >= 0.6 is 12.4 Å². The van der Waals surface area contributed by atoms with Crippen LogP contribution in [0.2, 0.25) is 0 Å². The molecule has 1 N–H and O–H groups in total. The number of nitrogens with zero attached hydrogens (tertiary/aromatic N) is 5. The fourth-order valence-corrected chi connectivity index (χ4v) is 7.00. The summed E-state index contributed by atoms with van der Waals surface area (Å²) in [4.78, 5) is 39.4. The third-order valence-electron chi connectivity index (χ3n) is 9.36. The van der Waals surface area contributed by atoms with Gasteiger partial charge in [0.1, 0.15) is 5.82 Å². The first-order valence-corrected chi connectivity index (χ1v) is 16.7. The summed E-state index contributed by atoms with van der Waals surface area (Å²) in [5.74, 6) is 2.82. The third kappa shape index (κ3) is 6.82. The van der Waals surface area contributed by atoms with Gasteiger partial charge in [-0.3, -0.25) is 13.9 Å². The number of benzene rings is 2. The smallest absolute Gasteiger partial charge is 0.331 e. The summed E-state index contributed by atoms with van der Waals surface area (Å²) in [6.07, 6.45) is 9.83. The first-order valence-electron chi connectivity index (χ1n) is 16.7. The molecule has 2 aromatic heterocycles. The summed E-state index contributed by atoms with van der Waals surface area (Å²) in [7, 11) is 1.75. The number of aromatic nitrogens is 4. The minimum atomic E-state index is -0.266. The number of anilines is 2. The predicted molar refractivity (Wildman–Crippen MR) is 188 cm³/mol. The van der Waals surface area contributed by atoms with Crippen molar-refractivity contribution in [2.24, 2.45) is 7.05 Å². The monoisotopic (exact) mass is 650 g/mol. The van der Waals surface area contributed by atoms with E-state index in [4.69, 9.17) is 19.4 Å². The van der Waals surface area contributed by atoms with Gasteiger partial charge in [0, 0.05) is 43.7 Å². The minimum Gasteiger partial charge on any atom is -0.490 e. The Labute approximate surface area is 276 Å². The van der Waals surface area contributed by atoms with Crippen molar-refractivity contribution in [3.8, 4) is 11.5 Å². The van der Waals surface area contributed by atoms with Crippen LogP contribution in [0.25, 0.3) is 21.8 Å². The molecule has 0 unspecified atom stereocenters. The second-order valence-corrected chi connectivity index (χ2v) is 12.5. The van der Waals surface area contributed by atoms with E-state index in [1.54, 1.807) is 11.6 Å². The molecule has 0 radical (unpaired) electrons. The minimum absolute atomic E-state index is 0. The number of hydrogen-bond acceptors (Lipinski definition) is 8. The zero-order valence-corrected chi connectivity index (χ0v) is 28.3. The molecule has 46 heavy (non-hydrogen) atoms. The Kier molecular flexibility index (Phi) is 10.8. The van der Waals surface area contributed by atoms with E-state index >= 15 is 0 Å². The zero-order valence-electron chi connectivity index (χ0n) is 27.5. The maximum absolute atomic E-state index is 13.6. The number of nitrogens with one attached hydrogen (secondary N) is 1. The Morgan fingerprint density at radius 2 is 1.50 bits per heavy atom. The molecular formula is C35H47ClN6O4. The van der Waals surface area contributed by atoms with Gasteiger partial charge in [0.05, 0.1) is 29.6 Å². The summed E-state index contributed by atoms with van der Waals surface area (Å²) >= 11 is 0. The Balaban J connectivity index is 0.00000417. The first kappa shape index (κ1) is 33.6. The molecule has 4 aromatic rings. The highest BCUT2D eigenvalue weighted by Crippen LogP contribution is 2.38. The lowest BCUT2D eigenvalue weighted by atomic mass is 9.97. The molecular weight excluding hydrogens is 604 g/mol. The molecule has 2 fully saturated rings. The largest absolute Gasteiger partial charge is 0.490 e. The van der Waals surface area contributed by atoms with E-state index in [1.807, 2.05) is 51.1 Å². The lowest BCUT2D eigenvalue weighted by molar-refractivity contribution is 0.288. The maximum atomic E-state index is 13.6. The van der Waals surface area contributed by atoms with Gasteiger partial charge in [-0.05, 0) is 64.7 Å². The van der Waals surface area contributed by atoms with Crippen LogP contribution in [0, 0.1) is 6.92 Å². The summed E-state index contributed by atoms with van der Waals surface area (Å²) in [5, 5.41) is 5.16. The van der Waals surface area contributed by atoms with Gasteiger partial charge >= 0.3 is 5.69 Å². The predicted octanol–water partition coefficient (Wildman–Crippen LogP) is 6.54. The van der Waals surface area contributed by atoms with Crippen LogP contribution in [0.15, 0.2) is 39.9 Å². The number of rotatable bonds is 8. The fraction of sp³-hybridized carbons (Fsp3) is 0.543. The molecule has 1 saturated heterocycles. The van der Waals surface area contributed by atoms with E-state index in [2.05, 4.69) is 10.2 Å². The Morgan fingerprint density at radius 3 is 2.17 bits per heavy atom. The molecule has 0 amide bonds. The van der Waals surface area contributed by atoms with Crippen LogP contribution in [-0.4, -0.2) is 51.4 Å². The summed E-state index contributed by atoms with van der Waals surface area (Å²) < 4.78 is 15.0. The number of hydrogen-bond donors (Lipinski definition) is 1. The standard InChI is InChI=1S/C35H46N6O4.ClH/c1-5-44-30-21-26-28(22-31(30)45-6-2)37-34(36-24-12-10-8-7-9-11-13-24)38-32(26)40-18-16-25(17-19-40)41-33(42)27-20-23(3)14-15-29(27)39(4)35(41)43;/h14-15,20-22,24-25H,5-13,16-19H2,1-4H3,(H,36,37,38);1H. The van der Waals surface area contributed by atoms with Crippen molar-refractivity contribution in [2.75, 3.05) is 36.5 Å². The zero-order chi connectivity index (χ0) is 31.5. The number of piperidine rings is 1. The first-order chi connectivity index (χ1) is 21.9. The molecule has 1 aliphatic heterocycles. The number of fused-ring (bicyclic) bond motifs is 2. The molecule has 11 heteroatoms. The molecule has 0 bridgehead atoms. The summed E-state index contributed by atoms with van der Waals surface area (Å²) in [6, 6.07) is 9.78. The second kappa shape index (κ2) is 14.8. The van der Waals surface area contributed by atoms with Gasteiger partial charge in [0.15, 0.2) is 11.5 Å². The SMILES string of the molecule is CCOc1cc2nc(NC3CCCCCCC3)nc(N3CCC(n4c(=O)c5cc(C)ccc5n(C)c4=O)CC3)c2cc1OCC.Cl. The van der Waals surface area contributed by atoms with Gasteiger partial charge in [0.25, 0.3) is 5.56 Å². The average molecular weight is 651 g/mol. The van der Waals surface area contributed by atoms with E-state index in [-0.39, 0.29) is 29.7 Å². The van der Waals surface area contributed by atoms with Crippen LogP contribution in [0.5, 0.6) is 11.5 Å². The normalized spacial score (nSPS) is 16.6. The van der Waals surface area contributed by atoms with Gasteiger partial charge in [-0.25, -0.2) is 9.78 Å². The lowest BCUT2D eigenvalue weighted by Crippen LogP contribution is -2.45. The highest BCUT2D eigenvalue weighted by Gasteiger charge is 2.28. The van der Waals surface area contributed by atoms with Gasteiger partial charge in [0.2, 0.25) is 5.95 Å². The molecule has 0 atom stereocenters. The molecule has 2 aliphatic rings.